The third-order valence-electron chi connectivity index (χ3n) is 2.55. The van der Waals surface area contributed by atoms with Crippen molar-refractivity contribution in [1.82, 2.24) is 5.32 Å². The minimum absolute atomic E-state index is 0.121. The Labute approximate surface area is 116 Å². The van der Waals surface area contributed by atoms with Gasteiger partial charge in [-0.25, -0.2) is 0 Å². The summed E-state index contributed by atoms with van der Waals surface area (Å²) in [4.78, 5) is 11.6. The highest BCUT2D eigenvalue weighted by Crippen LogP contribution is 2.18. The fourth-order valence-corrected chi connectivity index (χ4v) is 2.64. The van der Waals surface area contributed by atoms with Crippen LogP contribution in [0.25, 0.3) is 0 Å². The van der Waals surface area contributed by atoms with Gasteiger partial charge in [0.25, 0.3) is 0 Å². The number of hydrogen-bond donors (Lipinski definition) is 1. The Morgan fingerprint density at radius 3 is 2.39 bits per heavy atom. The van der Waals surface area contributed by atoms with Crippen LogP contribution in [-0.2, 0) is 9.53 Å². The lowest BCUT2D eigenvalue weighted by atomic mass is 10.1. The van der Waals surface area contributed by atoms with Crippen LogP contribution in [0.15, 0.2) is 0 Å². The predicted molar refractivity (Wildman–Crippen MR) is 80.1 cm³/mol. The van der Waals surface area contributed by atoms with Crippen LogP contribution >= 0.6 is 11.8 Å². The number of thioether (sulfide) groups is 1. The molecule has 0 aliphatic heterocycles. The predicted octanol–water partition coefficient (Wildman–Crippen LogP) is 3.23. The van der Waals surface area contributed by atoms with Gasteiger partial charge in [-0.1, -0.05) is 20.8 Å². The SMILES string of the molecule is CCCNC(CC)C(C)SCC(=O)OC(C)(C)C. The van der Waals surface area contributed by atoms with Crippen molar-refractivity contribution in [2.45, 2.75) is 71.3 Å². The molecule has 0 rings (SSSR count). The van der Waals surface area contributed by atoms with Crippen LogP contribution in [0.2, 0.25) is 0 Å². The van der Waals surface area contributed by atoms with Gasteiger partial charge in [-0.05, 0) is 40.2 Å². The largest absolute Gasteiger partial charge is 0.459 e. The van der Waals surface area contributed by atoms with Crippen LogP contribution in [0.4, 0.5) is 0 Å². The molecule has 0 aromatic rings. The normalized spacial score (nSPS) is 15.2. The fourth-order valence-electron chi connectivity index (χ4n) is 1.66. The zero-order valence-electron chi connectivity index (χ0n) is 12.7. The van der Waals surface area contributed by atoms with Crippen molar-refractivity contribution in [3.63, 3.8) is 0 Å². The number of esters is 1. The van der Waals surface area contributed by atoms with Gasteiger partial charge >= 0.3 is 5.97 Å². The van der Waals surface area contributed by atoms with Crippen LogP contribution in [0.1, 0.15) is 54.4 Å². The molecule has 0 bridgehead atoms. The molecule has 0 aromatic carbocycles. The first-order chi connectivity index (χ1) is 8.30. The maximum Gasteiger partial charge on any atom is 0.316 e. The number of carbonyl (C=O) groups is 1. The van der Waals surface area contributed by atoms with Crippen molar-refractivity contribution in [3.8, 4) is 0 Å². The standard InChI is InChI=1S/C14H29NO2S/c1-7-9-15-12(8-2)11(3)18-10-13(16)17-14(4,5)6/h11-12,15H,7-10H2,1-6H3. The van der Waals surface area contributed by atoms with E-state index in [0.717, 1.165) is 19.4 Å². The van der Waals surface area contributed by atoms with Crippen molar-refractivity contribution < 1.29 is 9.53 Å². The van der Waals surface area contributed by atoms with Gasteiger partial charge in [-0.3, -0.25) is 4.79 Å². The van der Waals surface area contributed by atoms with Crippen LogP contribution in [0.3, 0.4) is 0 Å². The summed E-state index contributed by atoms with van der Waals surface area (Å²) in [6.07, 6.45) is 2.22. The Hall–Kier alpha value is -0.220. The Kier molecular flexibility index (Phi) is 8.70. The van der Waals surface area contributed by atoms with Crippen molar-refractivity contribution in [1.29, 1.82) is 0 Å². The second kappa shape index (κ2) is 8.81. The maximum absolute atomic E-state index is 11.6. The molecular formula is C14H29NO2S. The number of carbonyl (C=O) groups excluding carboxylic acids is 1. The summed E-state index contributed by atoms with van der Waals surface area (Å²) < 4.78 is 5.30. The zero-order valence-corrected chi connectivity index (χ0v) is 13.5. The molecule has 2 unspecified atom stereocenters. The van der Waals surface area contributed by atoms with E-state index in [4.69, 9.17) is 4.74 Å². The van der Waals surface area contributed by atoms with Gasteiger partial charge in [0, 0.05) is 11.3 Å². The number of rotatable bonds is 8. The molecule has 18 heavy (non-hydrogen) atoms. The Balaban J connectivity index is 3.99. The summed E-state index contributed by atoms with van der Waals surface area (Å²) in [6.45, 7) is 13.3. The monoisotopic (exact) mass is 275 g/mol. The molecule has 0 aliphatic rings. The summed E-state index contributed by atoms with van der Waals surface area (Å²) in [6, 6.07) is 0.470. The highest BCUT2D eigenvalue weighted by Gasteiger charge is 2.20. The van der Waals surface area contributed by atoms with E-state index in [1.165, 1.54) is 0 Å². The van der Waals surface area contributed by atoms with E-state index in [9.17, 15) is 4.79 Å². The van der Waals surface area contributed by atoms with Gasteiger partial charge in [0.1, 0.15) is 5.60 Å². The lowest BCUT2D eigenvalue weighted by Gasteiger charge is -2.24. The van der Waals surface area contributed by atoms with Crippen LogP contribution in [-0.4, -0.2) is 35.2 Å². The van der Waals surface area contributed by atoms with Crippen molar-refractivity contribution >= 4 is 17.7 Å². The van der Waals surface area contributed by atoms with Crippen molar-refractivity contribution in [2.24, 2.45) is 0 Å². The van der Waals surface area contributed by atoms with Gasteiger partial charge in [-0.2, -0.15) is 0 Å². The molecule has 0 amide bonds. The number of nitrogens with one attached hydrogen (secondary N) is 1. The van der Waals surface area contributed by atoms with Crippen LogP contribution in [0.5, 0.6) is 0 Å². The smallest absolute Gasteiger partial charge is 0.316 e. The van der Waals surface area contributed by atoms with Gasteiger partial charge in [-0.15, -0.1) is 11.8 Å². The number of ether oxygens (including phenoxy) is 1. The summed E-state index contributed by atoms with van der Waals surface area (Å²) >= 11 is 1.67. The van der Waals surface area contributed by atoms with Crippen molar-refractivity contribution in [2.75, 3.05) is 12.3 Å². The topological polar surface area (TPSA) is 38.3 Å². The van der Waals surface area contributed by atoms with E-state index < -0.39 is 0 Å². The third kappa shape index (κ3) is 8.81. The molecule has 3 nitrogen and oxygen atoms in total. The van der Waals surface area contributed by atoms with Crippen LogP contribution in [0, 0.1) is 0 Å². The minimum atomic E-state index is -0.383. The van der Waals surface area contributed by atoms with Gasteiger partial charge < -0.3 is 10.1 Å². The molecule has 0 aromatic heterocycles. The van der Waals surface area contributed by atoms with Gasteiger partial charge in [0.05, 0.1) is 5.75 Å². The first-order valence-corrected chi connectivity index (χ1v) is 7.91. The Morgan fingerprint density at radius 2 is 1.94 bits per heavy atom. The molecule has 0 heterocycles. The number of hydrogen-bond acceptors (Lipinski definition) is 4. The van der Waals surface area contributed by atoms with Crippen LogP contribution < -0.4 is 5.32 Å². The second-order valence-electron chi connectivity index (χ2n) is 5.57. The van der Waals surface area contributed by atoms with E-state index in [-0.39, 0.29) is 11.6 Å². The molecule has 0 radical (unpaired) electrons. The highest BCUT2D eigenvalue weighted by atomic mass is 32.2. The van der Waals surface area contributed by atoms with Gasteiger partial charge in [0.2, 0.25) is 0 Å². The molecule has 0 aliphatic carbocycles. The molecule has 108 valence electrons. The Morgan fingerprint density at radius 1 is 1.33 bits per heavy atom. The lowest BCUT2D eigenvalue weighted by molar-refractivity contribution is -0.151. The van der Waals surface area contributed by atoms with E-state index >= 15 is 0 Å². The molecule has 0 spiro atoms. The van der Waals surface area contributed by atoms with Gasteiger partial charge in [0.15, 0.2) is 0 Å². The molecule has 4 heteroatoms. The average molecular weight is 275 g/mol. The summed E-state index contributed by atoms with van der Waals surface area (Å²) in [7, 11) is 0. The molecule has 0 saturated carbocycles. The van der Waals surface area contributed by atoms with E-state index in [2.05, 4.69) is 26.1 Å². The maximum atomic E-state index is 11.6. The van der Waals surface area contributed by atoms with E-state index in [1.54, 1.807) is 11.8 Å². The molecular weight excluding hydrogens is 246 g/mol. The highest BCUT2D eigenvalue weighted by molar-refractivity contribution is 8.00. The summed E-state index contributed by atoms with van der Waals surface area (Å²) in [5.74, 6) is 0.313. The molecule has 1 N–H and O–H groups in total. The lowest BCUT2D eigenvalue weighted by Crippen LogP contribution is -2.37. The second-order valence-corrected chi connectivity index (χ2v) is 6.94. The van der Waals surface area contributed by atoms with Crippen molar-refractivity contribution in [3.05, 3.63) is 0 Å². The summed E-state index contributed by atoms with van der Waals surface area (Å²) in [5.41, 5.74) is -0.383. The molecule has 0 saturated heterocycles. The molecule has 0 fully saturated rings. The first-order valence-electron chi connectivity index (χ1n) is 6.87. The van der Waals surface area contributed by atoms with E-state index in [1.807, 2.05) is 20.8 Å². The first kappa shape index (κ1) is 17.8. The average Bonchev–Trinajstić information content (AvgIpc) is 2.25. The third-order valence-corrected chi connectivity index (χ3v) is 3.80. The Bertz CT molecular complexity index is 238. The molecule has 2 atom stereocenters. The quantitative estimate of drug-likeness (QED) is 0.690. The summed E-state index contributed by atoms with van der Waals surface area (Å²) in [5, 5.41) is 3.94. The minimum Gasteiger partial charge on any atom is -0.459 e. The van der Waals surface area contributed by atoms with E-state index in [0.29, 0.717) is 17.0 Å². The zero-order chi connectivity index (χ0) is 14.2. The fraction of sp³-hybridized carbons (Fsp3) is 0.929.